The van der Waals surface area contributed by atoms with Crippen LogP contribution in [0, 0.1) is 0 Å². The number of hydrogen-bond acceptors (Lipinski definition) is 2. The van der Waals surface area contributed by atoms with Gasteiger partial charge in [-0.15, -0.1) is 0 Å². The standard InChI is InChI=1S/C11H18ClN3O/c1-4-6-11(16)14(3)8-10-9(12)7-15(5-2)13-10/h7H,4-6,8H2,1-3H3. The van der Waals surface area contributed by atoms with Crippen molar-refractivity contribution in [1.82, 2.24) is 14.7 Å². The highest BCUT2D eigenvalue weighted by Crippen LogP contribution is 2.15. The second-order valence-electron chi connectivity index (χ2n) is 3.78. The summed E-state index contributed by atoms with van der Waals surface area (Å²) in [6.07, 6.45) is 3.22. The van der Waals surface area contributed by atoms with Crippen LogP contribution in [0.1, 0.15) is 32.4 Å². The quantitative estimate of drug-likeness (QED) is 0.796. The molecule has 0 saturated heterocycles. The van der Waals surface area contributed by atoms with Gasteiger partial charge in [0, 0.05) is 26.2 Å². The summed E-state index contributed by atoms with van der Waals surface area (Å²) < 4.78 is 1.77. The zero-order valence-electron chi connectivity index (χ0n) is 10.0. The van der Waals surface area contributed by atoms with Crippen LogP contribution in [0.25, 0.3) is 0 Å². The SMILES string of the molecule is CCCC(=O)N(C)Cc1nn(CC)cc1Cl. The predicted molar refractivity (Wildman–Crippen MR) is 64.3 cm³/mol. The van der Waals surface area contributed by atoms with Gasteiger partial charge in [-0.1, -0.05) is 18.5 Å². The van der Waals surface area contributed by atoms with E-state index in [-0.39, 0.29) is 5.91 Å². The molecule has 90 valence electrons. The van der Waals surface area contributed by atoms with Crippen LogP contribution >= 0.6 is 11.6 Å². The molecule has 1 amide bonds. The molecule has 5 heteroatoms. The lowest BCUT2D eigenvalue weighted by Crippen LogP contribution is -2.26. The Morgan fingerprint density at radius 1 is 1.56 bits per heavy atom. The largest absolute Gasteiger partial charge is 0.340 e. The fraction of sp³-hybridized carbons (Fsp3) is 0.636. The molecule has 1 aromatic heterocycles. The molecule has 0 N–H and O–H groups in total. The Kier molecular flexibility index (Phi) is 4.80. The maximum absolute atomic E-state index is 11.6. The molecule has 0 fully saturated rings. The van der Waals surface area contributed by atoms with Gasteiger partial charge in [0.1, 0.15) is 5.69 Å². The lowest BCUT2D eigenvalue weighted by molar-refractivity contribution is -0.130. The molecule has 0 radical (unpaired) electrons. The second kappa shape index (κ2) is 5.89. The molecule has 0 unspecified atom stereocenters. The third kappa shape index (κ3) is 3.23. The van der Waals surface area contributed by atoms with E-state index in [9.17, 15) is 4.79 Å². The number of aromatic nitrogens is 2. The minimum absolute atomic E-state index is 0.129. The Bertz CT molecular complexity index is 362. The van der Waals surface area contributed by atoms with Gasteiger partial charge in [-0.3, -0.25) is 9.48 Å². The summed E-state index contributed by atoms with van der Waals surface area (Å²) in [7, 11) is 1.78. The number of carbonyl (C=O) groups is 1. The Hall–Kier alpha value is -1.03. The van der Waals surface area contributed by atoms with E-state index in [1.165, 1.54) is 0 Å². The summed E-state index contributed by atoms with van der Waals surface area (Å²) in [5.74, 6) is 0.129. The number of rotatable bonds is 5. The van der Waals surface area contributed by atoms with Gasteiger partial charge in [0.25, 0.3) is 0 Å². The molecule has 0 saturated carbocycles. The van der Waals surface area contributed by atoms with Gasteiger partial charge in [0.2, 0.25) is 5.91 Å². The molecule has 1 aromatic rings. The van der Waals surface area contributed by atoms with Gasteiger partial charge < -0.3 is 4.90 Å². The first-order valence-corrected chi connectivity index (χ1v) is 5.92. The van der Waals surface area contributed by atoms with Crippen molar-refractivity contribution in [2.75, 3.05) is 7.05 Å². The van der Waals surface area contributed by atoms with Crippen LogP contribution in [-0.2, 0) is 17.9 Å². The lowest BCUT2D eigenvalue weighted by atomic mass is 10.3. The zero-order valence-corrected chi connectivity index (χ0v) is 10.8. The molecular weight excluding hydrogens is 226 g/mol. The smallest absolute Gasteiger partial charge is 0.222 e. The molecule has 0 aromatic carbocycles. The molecule has 4 nitrogen and oxygen atoms in total. The van der Waals surface area contributed by atoms with Gasteiger partial charge in [-0.2, -0.15) is 5.10 Å². The third-order valence-corrected chi connectivity index (χ3v) is 2.70. The minimum atomic E-state index is 0.129. The Labute approximate surface area is 101 Å². The molecule has 1 rings (SSSR count). The molecule has 0 atom stereocenters. The minimum Gasteiger partial charge on any atom is -0.340 e. The molecule has 1 heterocycles. The monoisotopic (exact) mass is 243 g/mol. The fourth-order valence-electron chi connectivity index (χ4n) is 1.42. The normalized spacial score (nSPS) is 10.5. The van der Waals surface area contributed by atoms with Crippen LogP contribution in [0.2, 0.25) is 5.02 Å². The second-order valence-corrected chi connectivity index (χ2v) is 4.19. The highest BCUT2D eigenvalue weighted by atomic mass is 35.5. The number of halogens is 1. The summed E-state index contributed by atoms with van der Waals surface area (Å²) in [5.41, 5.74) is 0.760. The van der Waals surface area contributed by atoms with Gasteiger partial charge in [-0.25, -0.2) is 0 Å². The highest BCUT2D eigenvalue weighted by Gasteiger charge is 2.12. The first kappa shape index (κ1) is 13.0. The average Bonchev–Trinajstić information content (AvgIpc) is 2.60. The predicted octanol–water partition coefficient (Wildman–Crippen LogP) is 2.31. The summed E-state index contributed by atoms with van der Waals surface area (Å²) in [5, 5.41) is 4.92. The molecule has 0 bridgehead atoms. The van der Waals surface area contributed by atoms with Crippen LogP contribution in [0.3, 0.4) is 0 Å². The van der Waals surface area contributed by atoms with E-state index in [0.717, 1.165) is 18.7 Å². The van der Waals surface area contributed by atoms with E-state index in [1.54, 1.807) is 22.8 Å². The van der Waals surface area contributed by atoms with Crippen LogP contribution in [-0.4, -0.2) is 27.6 Å². The number of carbonyl (C=O) groups excluding carboxylic acids is 1. The van der Waals surface area contributed by atoms with Crippen LogP contribution in [0.15, 0.2) is 6.20 Å². The van der Waals surface area contributed by atoms with Crippen molar-refractivity contribution < 1.29 is 4.79 Å². The summed E-state index contributed by atoms with van der Waals surface area (Å²) in [6.45, 7) is 5.25. The molecule has 0 aliphatic rings. The van der Waals surface area contributed by atoms with Gasteiger partial charge in [-0.05, 0) is 13.3 Å². The average molecular weight is 244 g/mol. The summed E-state index contributed by atoms with van der Waals surface area (Å²) in [4.78, 5) is 13.2. The van der Waals surface area contributed by atoms with Crippen molar-refractivity contribution >= 4 is 17.5 Å². The van der Waals surface area contributed by atoms with Gasteiger partial charge >= 0.3 is 0 Å². The molecule has 0 aliphatic carbocycles. The summed E-state index contributed by atoms with van der Waals surface area (Å²) in [6, 6.07) is 0. The third-order valence-electron chi connectivity index (χ3n) is 2.39. The van der Waals surface area contributed by atoms with Crippen molar-refractivity contribution in [2.45, 2.75) is 39.8 Å². The number of nitrogens with zero attached hydrogens (tertiary/aromatic N) is 3. The molecule has 16 heavy (non-hydrogen) atoms. The molecule has 0 aliphatic heterocycles. The first-order valence-electron chi connectivity index (χ1n) is 5.54. The maximum Gasteiger partial charge on any atom is 0.222 e. The van der Waals surface area contributed by atoms with Crippen molar-refractivity contribution in [3.05, 3.63) is 16.9 Å². The van der Waals surface area contributed by atoms with Crippen LogP contribution < -0.4 is 0 Å². The topological polar surface area (TPSA) is 38.1 Å². The lowest BCUT2D eigenvalue weighted by Gasteiger charge is -2.15. The highest BCUT2D eigenvalue weighted by molar-refractivity contribution is 6.31. The number of hydrogen-bond donors (Lipinski definition) is 0. The molecule has 0 spiro atoms. The Balaban J connectivity index is 2.65. The molecular formula is C11H18ClN3O. The first-order chi connectivity index (χ1) is 7.58. The van der Waals surface area contributed by atoms with E-state index in [4.69, 9.17) is 11.6 Å². The zero-order chi connectivity index (χ0) is 12.1. The number of aryl methyl sites for hydroxylation is 1. The van der Waals surface area contributed by atoms with Crippen molar-refractivity contribution in [1.29, 1.82) is 0 Å². The Morgan fingerprint density at radius 2 is 2.25 bits per heavy atom. The van der Waals surface area contributed by atoms with E-state index in [0.29, 0.717) is 18.0 Å². The van der Waals surface area contributed by atoms with Crippen molar-refractivity contribution in [2.24, 2.45) is 0 Å². The van der Waals surface area contributed by atoms with E-state index >= 15 is 0 Å². The van der Waals surface area contributed by atoms with Gasteiger partial charge in [0.05, 0.1) is 11.6 Å². The Morgan fingerprint density at radius 3 is 2.75 bits per heavy atom. The van der Waals surface area contributed by atoms with Gasteiger partial charge in [0.15, 0.2) is 0 Å². The van der Waals surface area contributed by atoms with Crippen LogP contribution in [0.4, 0.5) is 0 Å². The van der Waals surface area contributed by atoms with Crippen molar-refractivity contribution in [3.63, 3.8) is 0 Å². The van der Waals surface area contributed by atoms with E-state index in [1.807, 2.05) is 13.8 Å². The fourth-order valence-corrected chi connectivity index (χ4v) is 1.63. The van der Waals surface area contributed by atoms with E-state index < -0.39 is 0 Å². The number of amides is 1. The maximum atomic E-state index is 11.6. The van der Waals surface area contributed by atoms with Crippen LogP contribution in [0.5, 0.6) is 0 Å². The summed E-state index contributed by atoms with van der Waals surface area (Å²) >= 11 is 6.03. The van der Waals surface area contributed by atoms with E-state index in [2.05, 4.69) is 5.10 Å². The van der Waals surface area contributed by atoms with Crippen molar-refractivity contribution in [3.8, 4) is 0 Å².